The molecule has 0 aliphatic carbocycles. The fraction of sp³-hybridized carbons (Fsp3) is 0.130. The molecule has 0 spiro atoms. The molecule has 1 unspecified atom stereocenters. The number of ether oxygens (including phenoxy) is 1. The van der Waals surface area contributed by atoms with Crippen LogP contribution in [-0.2, 0) is 4.79 Å². The second kappa shape index (κ2) is 8.68. The van der Waals surface area contributed by atoms with Gasteiger partial charge in [-0.1, -0.05) is 35.3 Å². The molecule has 4 aromatic rings. The molecule has 9 heteroatoms. The van der Waals surface area contributed by atoms with E-state index < -0.39 is 11.9 Å². The number of nitrogens with zero attached hydrogens (tertiary/aromatic N) is 1. The van der Waals surface area contributed by atoms with Gasteiger partial charge < -0.3 is 20.2 Å². The number of furan rings is 1. The third kappa shape index (κ3) is 4.09. The summed E-state index contributed by atoms with van der Waals surface area (Å²) in [5.74, 6) is -0.491. The van der Waals surface area contributed by atoms with Crippen molar-refractivity contribution in [3.8, 4) is 16.9 Å². The van der Waals surface area contributed by atoms with Crippen LogP contribution in [-0.4, -0.2) is 10.9 Å². The first-order valence-electron chi connectivity index (χ1n) is 9.60. The number of fused-ring (bicyclic) bond motifs is 1. The molecule has 0 aliphatic rings. The van der Waals surface area contributed by atoms with Gasteiger partial charge in [0.25, 0.3) is 0 Å². The zero-order valence-corrected chi connectivity index (χ0v) is 18.6. The summed E-state index contributed by atoms with van der Waals surface area (Å²) >= 11 is 12.3. The zero-order valence-electron chi connectivity index (χ0n) is 17.1. The van der Waals surface area contributed by atoms with E-state index in [1.54, 1.807) is 25.5 Å². The summed E-state index contributed by atoms with van der Waals surface area (Å²) in [7, 11) is 0. The van der Waals surface area contributed by atoms with Gasteiger partial charge in [0.2, 0.25) is 11.7 Å². The van der Waals surface area contributed by atoms with Gasteiger partial charge in [0, 0.05) is 35.0 Å². The van der Waals surface area contributed by atoms with E-state index in [2.05, 4.69) is 10.3 Å². The molecule has 32 heavy (non-hydrogen) atoms. The molecule has 0 saturated carbocycles. The molecule has 164 valence electrons. The largest absolute Gasteiger partial charge is 0.478 e. The van der Waals surface area contributed by atoms with Crippen LogP contribution < -0.4 is 15.8 Å². The van der Waals surface area contributed by atoms with Gasteiger partial charge in [-0.15, -0.1) is 0 Å². The Hall–Kier alpha value is -3.29. The van der Waals surface area contributed by atoms with E-state index >= 15 is 0 Å². The molecule has 0 aliphatic heterocycles. The fourth-order valence-corrected chi connectivity index (χ4v) is 4.11. The maximum Gasteiger partial charge on any atom is 0.221 e. The van der Waals surface area contributed by atoms with Crippen LogP contribution in [0.3, 0.4) is 0 Å². The molecule has 2 aromatic heterocycles. The summed E-state index contributed by atoms with van der Waals surface area (Å²) in [6.07, 6.45) is 2.39. The molecule has 0 saturated heterocycles. The van der Waals surface area contributed by atoms with Crippen molar-refractivity contribution in [2.75, 3.05) is 11.1 Å². The highest BCUT2D eigenvalue weighted by Gasteiger charge is 2.23. The highest BCUT2D eigenvalue weighted by molar-refractivity contribution is 6.36. The van der Waals surface area contributed by atoms with Gasteiger partial charge >= 0.3 is 0 Å². The van der Waals surface area contributed by atoms with Gasteiger partial charge in [-0.25, -0.2) is 9.37 Å². The topological polar surface area (TPSA) is 90.4 Å². The number of benzene rings is 2. The molecule has 1 amide bonds. The lowest BCUT2D eigenvalue weighted by molar-refractivity contribution is -0.114. The lowest BCUT2D eigenvalue weighted by Crippen LogP contribution is -2.08. The number of aromatic nitrogens is 1. The first-order chi connectivity index (χ1) is 15.3. The Balaban J connectivity index is 1.75. The Morgan fingerprint density at radius 1 is 1.28 bits per heavy atom. The van der Waals surface area contributed by atoms with E-state index in [0.29, 0.717) is 22.2 Å². The van der Waals surface area contributed by atoms with Gasteiger partial charge in [-0.05, 0) is 36.8 Å². The quantitative estimate of drug-likeness (QED) is 0.317. The third-order valence-electron chi connectivity index (χ3n) is 4.88. The highest BCUT2D eigenvalue weighted by Crippen LogP contribution is 2.41. The molecule has 6 nitrogen and oxygen atoms in total. The van der Waals surface area contributed by atoms with E-state index in [-0.39, 0.29) is 27.5 Å². The molecule has 0 radical (unpaired) electrons. The molecule has 2 aromatic carbocycles. The Morgan fingerprint density at radius 2 is 2.06 bits per heavy atom. The Morgan fingerprint density at radius 3 is 2.81 bits per heavy atom. The lowest BCUT2D eigenvalue weighted by atomic mass is 10.0. The van der Waals surface area contributed by atoms with Crippen molar-refractivity contribution < 1.29 is 18.3 Å². The Bertz CT molecular complexity index is 1340. The van der Waals surface area contributed by atoms with Gasteiger partial charge in [0.15, 0.2) is 11.4 Å². The number of carbonyl (C=O) groups excluding carboxylic acids is 1. The zero-order chi connectivity index (χ0) is 23.0. The van der Waals surface area contributed by atoms with Crippen LogP contribution >= 0.6 is 23.2 Å². The number of nitrogens with one attached hydrogen (secondary N) is 1. The normalized spacial score (nSPS) is 12.0. The van der Waals surface area contributed by atoms with Crippen molar-refractivity contribution in [1.29, 1.82) is 0 Å². The van der Waals surface area contributed by atoms with Crippen LogP contribution in [0.5, 0.6) is 5.75 Å². The van der Waals surface area contributed by atoms with Crippen LogP contribution in [0.4, 0.5) is 15.9 Å². The highest BCUT2D eigenvalue weighted by atomic mass is 35.5. The van der Waals surface area contributed by atoms with Crippen molar-refractivity contribution in [2.24, 2.45) is 0 Å². The second-order valence-corrected chi connectivity index (χ2v) is 7.93. The third-order valence-corrected chi connectivity index (χ3v) is 5.59. The van der Waals surface area contributed by atoms with E-state index in [1.807, 2.05) is 18.2 Å². The molecule has 4 rings (SSSR count). The van der Waals surface area contributed by atoms with Gasteiger partial charge in [0.05, 0.1) is 16.7 Å². The van der Waals surface area contributed by atoms with Gasteiger partial charge in [0.1, 0.15) is 11.9 Å². The summed E-state index contributed by atoms with van der Waals surface area (Å²) in [4.78, 5) is 15.6. The van der Waals surface area contributed by atoms with Crippen LogP contribution in [0, 0.1) is 5.82 Å². The average molecular weight is 474 g/mol. The summed E-state index contributed by atoms with van der Waals surface area (Å²) in [6.45, 7) is 3.11. The first-order valence-corrected chi connectivity index (χ1v) is 10.4. The monoisotopic (exact) mass is 473 g/mol. The maximum atomic E-state index is 14.0. The fourth-order valence-electron chi connectivity index (χ4n) is 3.44. The summed E-state index contributed by atoms with van der Waals surface area (Å²) in [5.41, 5.74) is 8.91. The van der Waals surface area contributed by atoms with E-state index in [9.17, 15) is 9.18 Å². The smallest absolute Gasteiger partial charge is 0.221 e. The van der Waals surface area contributed by atoms with E-state index in [0.717, 1.165) is 11.1 Å². The van der Waals surface area contributed by atoms with Crippen LogP contribution in [0.25, 0.3) is 22.1 Å². The van der Waals surface area contributed by atoms with Crippen molar-refractivity contribution in [1.82, 2.24) is 4.98 Å². The van der Waals surface area contributed by atoms with Crippen molar-refractivity contribution in [3.63, 3.8) is 0 Å². The molecule has 0 fully saturated rings. The van der Waals surface area contributed by atoms with E-state index in [1.165, 1.54) is 19.1 Å². The number of rotatable bonds is 5. The number of nitrogen functional groups attached to an aromatic ring is 1. The molecule has 3 N–H and O–H groups in total. The lowest BCUT2D eigenvalue weighted by Gasteiger charge is -2.18. The minimum Gasteiger partial charge on any atom is -0.478 e. The molecular formula is C23H18Cl2FN3O3. The van der Waals surface area contributed by atoms with Crippen LogP contribution in [0.2, 0.25) is 10.0 Å². The standard InChI is InChI=1S/C23H18Cl2FN3O3/c1-11(19-17(24)6-7-18(26)20(19)25)32-22-21-15(9-28-23(22)27)16(10-31-21)13-4-3-5-14(8-13)29-12(2)30/h3-11H,1-2H3,(H2,27,28)(H,29,30). The number of anilines is 2. The van der Waals surface area contributed by atoms with Crippen molar-refractivity contribution in [2.45, 2.75) is 20.0 Å². The first kappa shape index (κ1) is 21.9. The van der Waals surface area contributed by atoms with Crippen molar-refractivity contribution >= 4 is 51.6 Å². The molecule has 2 heterocycles. The number of amides is 1. The summed E-state index contributed by atoms with van der Waals surface area (Å²) in [6, 6.07) is 9.89. The predicted molar refractivity (Wildman–Crippen MR) is 124 cm³/mol. The van der Waals surface area contributed by atoms with Gasteiger partial charge in [-0.3, -0.25) is 4.79 Å². The number of hydrogen-bond acceptors (Lipinski definition) is 5. The minimum absolute atomic E-state index is 0.0981. The number of pyridine rings is 1. The number of nitrogens with two attached hydrogens (primary N) is 1. The van der Waals surface area contributed by atoms with Gasteiger partial charge in [-0.2, -0.15) is 0 Å². The van der Waals surface area contributed by atoms with Crippen LogP contribution in [0.15, 0.2) is 53.3 Å². The van der Waals surface area contributed by atoms with Crippen LogP contribution in [0.1, 0.15) is 25.5 Å². The Labute approximate surface area is 193 Å². The maximum absolute atomic E-state index is 14.0. The second-order valence-electron chi connectivity index (χ2n) is 7.14. The summed E-state index contributed by atoms with van der Waals surface area (Å²) < 4.78 is 25.8. The molecular weight excluding hydrogens is 456 g/mol. The predicted octanol–water partition coefficient (Wildman–Crippen LogP) is 6.62. The molecule has 0 bridgehead atoms. The minimum atomic E-state index is -0.739. The summed E-state index contributed by atoms with van der Waals surface area (Å²) in [5, 5.41) is 3.54. The number of halogens is 3. The number of hydrogen-bond donors (Lipinski definition) is 2. The molecule has 1 atom stereocenters. The number of carbonyl (C=O) groups is 1. The van der Waals surface area contributed by atoms with Crippen molar-refractivity contribution in [3.05, 3.63) is 70.3 Å². The van der Waals surface area contributed by atoms with E-state index in [4.69, 9.17) is 38.1 Å². The Kier molecular flexibility index (Phi) is 5.95. The average Bonchev–Trinajstić information content (AvgIpc) is 3.17. The SMILES string of the molecule is CC(=O)Nc1cccc(-c2coc3c(OC(C)c4c(Cl)ccc(F)c4Cl)c(N)ncc23)c1.